The molecule has 17 heavy (non-hydrogen) atoms. The van der Waals surface area contributed by atoms with E-state index in [2.05, 4.69) is 25.2 Å². The fourth-order valence-electron chi connectivity index (χ4n) is 2.55. The van der Waals surface area contributed by atoms with Crippen LogP contribution < -0.4 is 5.32 Å². The summed E-state index contributed by atoms with van der Waals surface area (Å²) in [6.45, 7) is 6.58. The number of nitrogens with one attached hydrogen (secondary N) is 1. The first-order valence-corrected chi connectivity index (χ1v) is 6.63. The van der Waals surface area contributed by atoms with Crippen LogP contribution in [-0.4, -0.2) is 13.1 Å². The van der Waals surface area contributed by atoms with E-state index in [0.29, 0.717) is 17.8 Å². The molecule has 1 saturated carbocycles. The molecule has 1 aromatic rings. The normalized spacial score (nSPS) is 23.8. The molecule has 2 heteroatoms. The SMILES string of the molecule is CC(C)CNCC1CCC1c1cccc(F)c1. The van der Waals surface area contributed by atoms with Gasteiger partial charge in [-0.1, -0.05) is 26.0 Å². The van der Waals surface area contributed by atoms with Gasteiger partial charge in [0.2, 0.25) is 0 Å². The average molecular weight is 235 g/mol. The molecule has 94 valence electrons. The maximum Gasteiger partial charge on any atom is 0.123 e. The number of benzene rings is 1. The van der Waals surface area contributed by atoms with Crippen LogP contribution in [0.15, 0.2) is 24.3 Å². The quantitative estimate of drug-likeness (QED) is 0.822. The van der Waals surface area contributed by atoms with Crippen molar-refractivity contribution in [2.24, 2.45) is 11.8 Å². The summed E-state index contributed by atoms with van der Waals surface area (Å²) >= 11 is 0. The fraction of sp³-hybridized carbons (Fsp3) is 0.600. The maximum atomic E-state index is 13.2. The summed E-state index contributed by atoms with van der Waals surface area (Å²) in [7, 11) is 0. The number of rotatable bonds is 5. The second kappa shape index (κ2) is 5.63. The molecule has 0 bridgehead atoms. The zero-order chi connectivity index (χ0) is 12.3. The molecule has 0 aromatic heterocycles. The third-order valence-corrected chi connectivity index (χ3v) is 3.65. The van der Waals surface area contributed by atoms with Crippen LogP contribution in [0, 0.1) is 17.7 Å². The van der Waals surface area contributed by atoms with E-state index in [1.807, 2.05) is 6.07 Å². The summed E-state index contributed by atoms with van der Waals surface area (Å²) in [4.78, 5) is 0. The minimum atomic E-state index is -0.108. The summed E-state index contributed by atoms with van der Waals surface area (Å²) in [5, 5.41) is 3.51. The molecule has 2 rings (SSSR count). The van der Waals surface area contributed by atoms with Gasteiger partial charge < -0.3 is 5.32 Å². The van der Waals surface area contributed by atoms with Crippen LogP contribution in [0.5, 0.6) is 0 Å². The highest BCUT2D eigenvalue weighted by molar-refractivity contribution is 5.23. The second-order valence-electron chi connectivity index (χ2n) is 5.55. The van der Waals surface area contributed by atoms with Gasteiger partial charge in [-0.15, -0.1) is 0 Å². The Labute approximate surface area is 103 Å². The minimum absolute atomic E-state index is 0.108. The molecule has 0 heterocycles. The largest absolute Gasteiger partial charge is 0.316 e. The summed E-state index contributed by atoms with van der Waals surface area (Å²) in [5.74, 6) is 1.84. The first-order chi connectivity index (χ1) is 8.16. The van der Waals surface area contributed by atoms with Gasteiger partial charge in [-0.3, -0.25) is 0 Å². The van der Waals surface area contributed by atoms with Crippen LogP contribution in [-0.2, 0) is 0 Å². The summed E-state index contributed by atoms with van der Waals surface area (Å²) in [5.41, 5.74) is 1.17. The van der Waals surface area contributed by atoms with Crippen molar-refractivity contribution in [1.29, 1.82) is 0 Å². The van der Waals surface area contributed by atoms with Crippen molar-refractivity contribution in [3.8, 4) is 0 Å². The zero-order valence-corrected chi connectivity index (χ0v) is 10.7. The molecule has 2 atom stereocenters. The molecule has 0 saturated heterocycles. The van der Waals surface area contributed by atoms with Gasteiger partial charge in [0.15, 0.2) is 0 Å². The zero-order valence-electron chi connectivity index (χ0n) is 10.7. The standard InChI is InChI=1S/C15H22FN/c1-11(2)9-17-10-13-6-7-15(13)12-4-3-5-14(16)8-12/h3-5,8,11,13,15,17H,6-7,9-10H2,1-2H3. The van der Waals surface area contributed by atoms with Crippen LogP contribution in [0.1, 0.15) is 38.2 Å². The molecule has 2 unspecified atom stereocenters. The van der Waals surface area contributed by atoms with E-state index in [1.54, 1.807) is 6.07 Å². The maximum absolute atomic E-state index is 13.2. The second-order valence-corrected chi connectivity index (χ2v) is 5.55. The minimum Gasteiger partial charge on any atom is -0.316 e. The van der Waals surface area contributed by atoms with E-state index >= 15 is 0 Å². The number of halogens is 1. The smallest absolute Gasteiger partial charge is 0.123 e. The van der Waals surface area contributed by atoms with E-state index in [4.69, 9.17) is 0 Å². The third-order valence-electron chi connectivity index (χ3n) is 3.65. The molecule has 1 N–H and O–H groups in total. The number of hydrogen-bond donors (Lipinski definition) is 1. The Morgan fingerprint density at radius 1 is 1.35 bits per heavy atom. The molecule has 1 aliphatic rings. The van der Waals surface area contributed by atoms with Crippen LogP contribution in [0.3, 0.4) is 0 Å². The Balaban J connectivity index is 1.86. The Morgan fingerprint density at radius 2 is 2.18 bits per heavy atom. The molecule has 0 radical (unpaired) electrons. The summed E-state index contributed by atoms with van der Waals surface area (Å²) in [6.07, 6.45) is 2.48. The van der Waals surface area contributed by atoms with E-state index < -0.39 is 0 Å². The molecule has 1 nitrogen and oxygen atoms in total. The van der Waals surface area contributed by atoms with Crippen molar-refractivity contribution < 1.29 is 4.39 Å². The van der Waals surface area contributed by atoms with Gasteiger partial charge in [0.05, 0.1) is 0 Å². The van der Waals surface area contributed by atoms with E-state index in [1.165, 1.54) is 24.5 Å². The van der Waals surface area contributed by atoms with Gasteiger partial charge in [-0.05, 0) is 61.4 Å². The first kappa shape index (κ1) is 12.6. The van der Waals surface area contributed by atoms with Crippen LogP contribution in [0.2, 0.25) is 0 Å². The van der Waals surface area contributed by atoms with Gasteiger partial charge in [0, 0.05) is 0 Å². The van der Waals surface area contributed by atoms with Gasteiger partial charge in [0.1, 0.15) is 5.82 Å². The van der Waals surface area contributed by atoms with E-state index in [9.17, 15) is 4.39 Å². The van der Waals surface area contributed by atoms with Crippen molar-refractivity contribution in [3.63, 3.8) is 0 Å². The molecule has 0 aliphatic heterocycles. The van der Waals surface area contributed by atoms with Gasteiger partial charge in [-0.2, -0.15) is 0 Å². The topological polar surface area (TPSA) is 12.0 Å². The Morgan fingerprint density at radius 3 is 2.76 bits per heavy atom. The Bertz CT molecular complexity index is 362. The first-order valence-electron chi connectivity index (χ1n) is 6.63. The predicted molar refractivity (Wildman–Crippen MR) is 69.6 cm³/mol. The van der Waals surface area contributed by atoms with Crippen molar-refractivity contribution >= 4 is 0 Å². The lowest BCUT2D eigenvalue weighted by Gasteiger charge is -2.37. The summed E-state index contributed by atoms with van der Waals surface area (Å²) in [6, 6.07) is 7.09. The fourth-order valence-corrected chi connectivity index (χ4v) is 2.55. The Kier molecular flexibility index (Phi) is 4.16. The lowest BCUT2D eigenvalue weighted by molar-refractivity contribution is 0.243. The average Bonchev–Trinajstić information content (AvgIpc) is 2.22. The Hall–Kier alpha value is -0.890. The highest BCUT2D eigenvalue weighted by atomic mass is 19.1. The van der Waals surface area contributed by atoms with Crippen LogP contribution >= 0.6 is 0 Å². The van der Waals surface area contributed by atoms with Crippen molar-refractivity contribution in [3.05, 3.63) is 35.6 Å². The van der Waals surface area contributed by atoms with E-state index in [0.717, 1.165) is 13.1 Å². The predicted octanol–water partition coefficient (Wildman–Crippen LogP) is 3.56. The lowest BCUT2D eigenvalue weighted by Crippen LogP contribution is -2.35. The van der Waals surface area contributed by atoms with Crippen LogP contribution in [0.4, 0.5) is 4.39 Å². The third kappa shape index (κ3) is 3.29. The molecule has 1 aromatic carbocycles. The molecular formula is C15H22FN. The molecule has 0 amide bonds. The van der Waals surface area contributed by atoms with Gasteiger partial charge >= 0.3 is 0 Å². The number of hydrogen-bond acceptors (Lipinski definition) is 1. The van der Waals surface area contributed by atoms with Crippen molar-refractivity contribution in [1.82, 2.24) is 5.32 Å². The van der Waals surface area contributed by atoms with E-state index in [-0.39, 0.29) is 5.82 Å². The highest BCUT2D eigenvalue weighted by Crippen LogP contribution is 2.42. The molecule has 1 fully saturated rings. The summed E-state index contributed by atoms with van der Waals surface area (Å²) < 4.78 is 13.2. The van der Waals surface area contributed by atoms with Crippen molar-refractivity contribution in [2.45, 2.75) is 32.6 Å². The lowest BCUT2D eigenvalue weighted by atomic mass is 9.70. The monoisotopic (exact) mass is 235 g/mol. The highest BCUT2D eigenvalue weighted by Gasteiger charge is 2.31. The molecule has 0 spiro atoms. The van der Waals surface area contributed by atoms with Gasteiger partial charge in [-0.25, -0.2) is 4.39 Å². The van der Waals surface area contributed by atoms with Crippen LogP contribution in [0.25, 0.3) is 0 Å². The molecular weight excluding hydrogens is 213 g/mol. The van der Waals surface area contributed by atoms with Crippen molar-refractivity contribution in [2.75, 3.05) is 13.1 Å². The van der Waals surface area contributed by atoms with Gasteiger partial charge in [0.25, 0.3) is 0 Å². The molecule has 1 aliphatic carbocycles.